The second-order valence-electron chi connectivity index (χ2n) is 7.84. The number of rotatable bonds is 4. The molecule has 5 nitrogen and oxygen atoms in total. The molecule has 7 heteroatoms. The highest BCUT2D eigenvalue weighted by Gasteiger charge is 2.33. The highest BCUT2D eigenvalue weighted by atomic mass is 35.5. The van der Waals surface area contributed by atoms with E-state index in [1.165, 1.54) is 15.3 Å². The molecule has 2 aliphatic heterocycles. The molecule has 1 amide bonds. The quantitative estimate of drug-likeness (QED) is 0.582. The van der Waals surface area contributed by atoms with E-state index < -0.39 is 0 Å². The molecule has 1 aromatic heterocycles. The van der Waals surface area contributed by atoms with Crippen LogP contribution in [0.2, 0.25) is 5.02 Å². The SMILES string of the molecule is C[NH+]1CCc2c(sc3c2C(=O)N[C@H](c2ccc(OCc4ccccc4Cl)cc2)N3)C1. The van der Waals surface area contributed by atoms with E-state index >= 15 is 0 Å². The van der Waals surface area contributed by atoms with Gasteiger partial charge in [-0.05, 0) is 29.3 Å². The van der Waals surface area contributed by atoms with Gasteiger partial charge in [0.2, 0.25) is 0 Å². The van der Waals surface area contributed by atoms with E-state index in [0.29, 0.717) is 11.6 Å². The van der Waals surface area contributed by atoms with E-state index in [-0.39, 0.29) is 12.1 Å². The van der Waals surface area contributed by atoms with E-state index in [1.54, 1.807) is 11.3 Å². The monoisotopic (exact) mass is 440 g/mol. The molecule has 0 radical (unpaired) electrons. The van der Waals surface area contributed by atoms with Gasteiger partial charge in [-0.3, -0.25) is 4.79 Å². The maximum absolute atomic E-state index is 12.9. The summed E-state index contributed by atoms with van der Waals surface area (Å²) in [5.41, 5.74) is 4.02. The standard InChI is InChI=1S/C23H22ClN3O2S/c1-27-11-10-17-19(12-27)30-23-20(17)22(28)25-21(26-23)14-6-8-16(9-7-14)29-13-15-4-2-3-5-18(15)24/h2-9,21,26H,10-13H2,1H3,(H,25,28)/p+1/t21-/m0/s1. The number of nitrogens with one attached hydrogen (secondary N) is 3. The zero-order valence-electron chi connectivity index (χ0n) is 16.6. The molecule has 2 aromatic carbocycles. The second-order valence-corrected chi connectivity index (χ2v) is 9.35. The Kier molecular flexibility index (Phi) is 5.15. The number of hydrogen-bond acceptors (Lipinski definition) is 4. The number of hydrogen-bond donors (Lipinski definition) is 3. The van der Waals surface area contributed by atoms with E-state index in [4.69, 9.17) is 16.3 Å². The predicted molar refractivity (Wildman–Crippen MR) is 120 cm³/mol. The van der Waals surface area contributed by atoms with Crippen LogP contribution in [-0.4, -0.2) is 19.5 Å². The lowest BCUT2D eigenvalue weighted by Gasteiger charge is -2.27. The van der Waals surface area contributed by atoms with E-state index in [1.807, 2.05) is 48.5 Å². The number of quaternary nitrogens is 1. The van der Waals surface area contributed by atoms with Gasteiger partial charge in [0.15, 0.2) is 0 Å². The number of fused-ring (bicyclic) bond motifs is 3. The number of benzene rings is 2. The largest absolute Gasteiger partial charge is 0.489 e. The minimum Gasteiger partial charge on any atom is -0.489 e. The van der Waals surface area contributed by atoms with Crippen molar-refractivity contribution in [3.05, 3.63) is 80.7 Å². The maximum atomic E-state index is 12.9. The number of likely N-dealkylation sites (N-methyl/N-ethyl adjacent to an activating group) is 1. The van der Waals surface area contributed by atoms with Crippen LogP contribution in [-0.2, 0) is 19.6 Å². The van der Waals surface area contributed by atoms with Crippen LogP contribution in [0.3, 0.4) is 0 Å². The third kappa shape index (κ3) is 3.67. The topological polar surface area (TPSA) is 54.8 Å². The molecular weight excluding hydrogens is 418 g/mol. The Balaban J connectivity index is 1.30. The molecule has 0 spiro atoms. The number of halogens is 1. The van der Waals surface area contributed by atoms with Crippen molar-refractivity contribution in [3.8, 4) is 5.75 Å². The number of anilines is 1. The molecule has 30 heavy (non-hydrogen) atoms. The Morgan fingerprint density at radius 2 is 1.97 bits per heavy atom. The number of carbonyl (C=O) groups excluding carboxylic acids is 1. The average molecular weight is 441 g/mol. The number of thiophene rings is 1. The normalized spacial score (nSPS) is 20.0. The first-order chi connectivity index (χ1) is 14.6. The van der Waals surface area contributed by atoms with Gasteiger partial charge >= 0.3 is 0 Å². The van der Waals surface area contributed by atoms with Crippen LogP contribution in [0, 0.1) is 0 Å². The van der Waals surface area contributed by atoms with Crippen LogP contribution < -0.4 is 20.3 Å². The van der Waals surface area contributed by atoms with Crippen LogP contribution in [0.15, 0.2) is 48.5 Å². The first kappa shape index (κ1) is 19.4. The summed E-state index contributed by atoms with van der Waals surface area (Å²) in [4.78, 5) is 15.7. The Morgan fingerprint density at radius 3 is 2.77 bits per heavy atom. The molecule has 0 fully saturated rings. The third-order valence-corrected chi connectivity index (χ3v) is 7.23. The van der Waals surface area contributed by atoms with Gasteiger partial charge in [0.25, 0.3) is 5.91 Å². The van der Waals surface area contributed by atoms with Gasteiger partial charge in [-0.15, -0.1) is 11.3 Å². The zero-order chi connectivity index (χ0) is 20.7. The molecular formula is C23H23ClN3O2S+. The van der Waals surface area contributed by atoms with Crippen LogP contribution in [0.1, 0.15) is 38.1 Å². The van der Waals surface area contributed by atoms with Gasteiger partial charge in [-0.2, -0.15) is 0 Å². The molecule has 3 aromatic rings. The van der Waals surface area contributed by atoms with Crippen LogP contribution in [0.25, 0.3) is 0 Å². The highest BCUT2D eigenvalue weighted by molar-refractivity contribution is 7.16. The summed E-state index contributed by atoms with van der Waals surface area (Å²) in [6.45, 7) is 2.48. The summed E-state index contributed by atoms with van der Waals surface area (Å²) in [6.07, 6.45) is 0.720. The fourth-order valence-corrected chi connectivity index (χ4v) is 5.61. The van der Waals surface area contributed by atoms with Gasteiger partial charge in [-0.25, -0.2) is 0 Å². The Bertz CT molecular complexity index is 1100. The fraction of sp³-hybridized carbons (Fsp3) is 0.261. The lowest BCUT2D eigenvalue weighted by atomic mass is 10.0. The second kappa shape index (κ2) is 7.95. The molecule has 2 aliphatic rings. The zero-order valence-corrected chi connectivity index (χ0v) is 18.2. The van der Waals surface area contributed by atoms with Crippen LogP contribution >= 0.6 is 22.9 Å². The first-order valence-electron chi connectivity index (χ1n) is 10.1. The molecule has 0 aliphatic carbocycles. The number of carbonyl (C=O) groups is 1. The van der Waals surface area contributed by atoms with Gasteiger partial charge < -0.3 is 20.3 Å². The number of amides is 1. The molecule has 5 rings (SSSR count). The van der Waals surface area contributed by atoms with Crippen molar-refractivity contribution >= 4 is 33.8 Å². The number of ether oxygens (including phenoxy) is 1. The summed E-state index contributed by atoms with van der Waals surface area (Å²) >= 11 is 7.91. The third-order valence-electron chi connectivity index (χ3n) is 5.70. The van der Waals surface area contributed by atoms with Crippen molar-refractivity contribution < 1.29 is 14.4 Å². The van der Waals surface area contributed by atoms with Crippen molar-refractivity contribution in [1.29, 1.82) is 0 Å². The summed E-state index contributed by atoms with van der Waals surface area (Å²) < 4.78 is 5.87. The van der Waals surface area contributed by atoms with E-state index in [2.05, 4.69) is 17.7 Å². The van der Waals surface area contributed by atoms with E-state index in [0.717, 1.165) is 47.0 Å². The summed E-state index contributed by atoms with van der Waals surface area (Å²) in [5.74, 6) is 0.781. The lowest BCUT2D eigenvalue weighted by Crippen LogP contribution is -3.08. The maximum Gasteiger partial charge on any atom is 0.256 e. The molecule has 3 N–H and O–H groups in total. The summed E-state index contributed by atoms with van der Waals surface area (Å²) in [5, 5.41) is 8.32. The Hall–Kier alpha value is -2.54. The summed E-state index contributed by atoms with van der Waals surface area (Å²) in [6, 6.07) is 15.5. The highest BCUT2D eigenvalue weighted by Crippen LogP contribution is 2.39. The van der Waals surface area contributed by atoms with Gasteiger partial charge in [-0.1, -0.05) is 41.9 Å². The minimum atomic E-state index is -0.243. The van der Waals surface area contributed by atoms with Crippen LogP contribution in [0.5, 0.6) is 5.75 Å². The van der Waals surface area contributed by atoms with Gasteiger partial charge in [0.1, 0.15) is 30.1 Å². The average Bonchev–Trinajstić information content (AvgIpc) is 3.11. The van der Waals surface area contributed by atoms with Crippen molar-refractivity contribution in [1.82, 2.24) is 5.32 Å². The smallest absolute Gasteiger partial charge is 0.256 e. The molecule has 0 bridgehead atoms. The van der Waals surface area contributed by atoms with E-state index in [9.17, 15) is 4.79 Å². The molecule has 3 heterocycles. The minimum absolute atomic E-state index is 0.0184. The predicted octanol–water partition coefficient (Wildman–Crippen LogP) is 3.41. The molecule has 2 atom stereocenters. The Labute approximate surface area is 184 Å². The molecule has 1 unspecified atom stereocenters. The molecule has 0 saturated heterocycles. The fourth-order valence-electron chi connectivity index (χ4n) is 4.03. The van der Waals surface area contributed by atoms with Gasteiger partial charge in [0.05, 0.1) is 24.0 Å². The Morgan fingerprint density at radius 1 is 1.17 bits per heavy atom. The van der Waals surface area contributed by atoms with Crippen molar-refractivity contribution in [2.75, 3.05) is 18.9 Å². The molecule has 154 valence electrons. The van der Waals surface area contributed by atoms with Crippen molar-refractivity contribution in [3.63, 3.8) is 0 Å². The van der Waals surface area contributed by atoms with Crippen molar-refractivity contribution in [2.45, 2.75) is 25.7 Å². The lowest BCUT2D eigenvalue weighted by molar-refractivity contribution is -0.895. The van der Waals surface area contributed by atoms with Crippen LogP contribution in [0.4, 0.5) is 5.00 Å². The first-order valence-corrected chi connectivity index (χ1v) is 11.3. The van der Waals surface area contributed by atoms with Gasteiger partial charge in [0, 0.05) is 17.0 Å². The summed E-state index contributed by atoms with van der Waals surface area (Å²) in [7, 11) is 2.20. The van der Waals surface area contributed by atoms with Crippen molar-refractivity contribution in [2.24, 2.45) is 0 Å². The molecule has 0 saturated carbocycles.